The molecule has 304 valence electrons. The van der Waals surface area contributed by atoms with E-state index in [0.717, 1.165) is 48.9 Å². The Labute approximate surface area is 327 Å². The zero-order valence-electron chi connectivity index (χ0n) is 33.2. The molecule has 2 heterocycles. The summed E-state index contributed by atoms with van der Waals surface area (Å²) in [5, 5.41) is 2.47. The quantitative estimate of drug-likeness (QED) is 0.0991. The first-order valence-corrected chi connectivity index (χ1v) is 21.9. The highest BCUT2D eigenvalue weighted by molar-refractivity contribution is 7.90. The third-order valence-electron chi connectivity index (χ3n) is 10.1. The number of carbonyl (C=O) groups is 3. The maximum absolute atomic E-state index is 15.3. The second kappa shape index (κ2) is 21.3. The molecule has 0 bridgehead atoms. The van der Waals surface area contributed by atoms with E-state index < -0.39 is 45.4 Å². The lowest BCUT2D eigenvalue weighted by atomic mass is 10.0. The smallest absolute Gasteiger partial charge is 0.418 e. The molecular weight excluding hydrogens is 724 g/mol. The number of nitrogens with zero attached hydrogens (tertiary/aromatic N) is 3. The molecule has 11 nitrogen and oxygen atoms in total. The first-order valence-electron chi connectivity index (χ1n) is 20.4. The molecule has 2 aliphatic heterocycles. The number of benzene rings is 2. The number of rotatable bonds is 25. The van der Waals surface area contributed by atoms with Gasteiger partial charge in [-0.05, 0) is 51.0 Å². The fourth-order valence-corrected chi connectivity index (χ4v) is 8.53. The Balaban J connectivity index is 1.45. The normalized spacial score (nSPS) is 16.4. The molecule has 13 heteroatoms. The second-order valence-electron chi connectivity index (χ2n) is 15.1. The minimum absolute atomic E-state index is 0.0453. The first kappa shape index (κ1) is 43.7. The zero-order valence-corrected chi connectivity index (χ0v) is 34.1. The number of sulfonamides is 1. The highest BCUT2D eigenvalue weighted by Gasteiger charge is 2.55. The summed E-state index contributed by atoms with van der Waals surface area (Å²) >= 11 is 0. The van der Waals surface area contributed by atoms with Gasteiger partial charge in [-0.3, -0.25) is 13.9 Å². The first-order chi connectivity index (χ1) is 26.4. The molecule has 1 atom stereocenters. The van der Waals surface area contributed by atoms with Crippen molar-refractivity contribution in [1.29, 1.82) is 0 Å². The number of para-hydroxylation sites is 1. The van der Waals surface area contributed by atoms with Gasteiger partial charge in [-0.2, -0.15) is 0 Å². The summed E-state index contributed by atoms with van der Waals surface area (Å²) in [7, 11) is -4.28. The van der Waals surface area contributed by atoms with Crippen LogP contribution in [0.5, 0.6) is 5.75 Å². The molecule has 0 aromatic heterocycles. The van der Waals surface area contributed by atoms with Gasteiger partial charge in [0.15, 0.2) is 17.5 Å². The standard InChI is InChI=1S/C42H61FN4O7S/c1-5-7-9-10-11-12-13-14-15-16-17-18-19-20-21-24-29-46-38(44-35-25-22-23-26-36(35)55(46,51)52)37(47-40(49)42(3,4)54-41(47)50)39(48)45-34-28-27-32(31-33(34)43)53-30-8-6-2/h22-23,25-28,31,37H,5-21,24,29-30H2,1-4H3,(H,45,48). The Hall–Kier alpha value is -4.00. The lowest BCUT2D eigenvalue weighted by Gasteiger charge is -2.35. The molecule has 2 aromatic carbocycles. The summed E-state index contributed by atoms with van der Waals surface area (Å²) in [5.74, 6) is -2.79. The van der Waals surface area contributed by atoms with Crippen molar-refractivity contribution in [3.05, 3.63) is 48.3 Å². The van der Waals surface area contributed by atoms with Gasteiger partial charge < -0.3 is 14.8 Å². The van der Waals surface area contributed by atoms with Gasteiger partial charge >= 0.3 is 6.09 Å². The minimum Gasteiger partial charge on any atom is -0.493 e. The predicted molar refractivity (Wildman–Crippen MR) is 214 cm³/mol. The average Bonchev–Trinajstić information content (AvgIpc) is 3.35. The van der Waals surface area contributed by atoms with Crippen LogP contribution < -0.4 is 10.1 Å². The maximum Gasteiger partial charge on any atom is 0.418 e. The predicted octanol–water partition coefficient (Wildman–Crippen LogP) is 10.1. The third-order valence-corrected chi connectivity index (χ3v) is 12.0. The van der Waals surface area contributed by atoms with Crippen LogP contribution in [0.25, 0.3) is 0 Å². The van der Waals surface area contributed by atoms with Gasteiger partial charge in [-0.25, -0.2) is 27.5 Å². The second-order valence-corrected chi connectivity index (χ2v) is 16.9. The van der Waals surface area contributed by atoms with E-state index in [1.54, 1.807) is 12.1 Å². The molecule has 0 saturated carbocycles. The molecular formula is C42H61FN4O7S. The molecule has 55 heavy (non-hydrogen) atoms. The molecule has 1 fully saturated rings. The van der Waals surface area contributed by atoms with Crippen LogP contribution in [0.2, 0.25) is 0 Å². The van der Waals surface area contributed by atoms with Crippen LogP contribution in [-0.2, 0) is 24.3 Å². The number of carbonyl (C=O) groups excluding carboxylic acids is 3. The number of halogens is 1. The minimum atomic E-state index is -4.28. The van der Waals surface area contributed by atoms with E-state index in [1.165, 1.54) is 109 Å². The lowest BCUT2D eigenvalue weighted by molar-refractivity contribution is -0.137. The highest BCUT2D eigenvalue weighted by atomic mass is 32.2. The fraction of sp³-hybridized carbons (Fsp3) is 0.619. The molecule has 2 aromatic rings. The molecule has 1 saturated heterocycles. The summed E-state index contributed by atoms with van der Waals surface area (Å²) < 4.78 is 55.7. The topological polar surface area (TPSA) is 135 Å². The van der Waals surface area contributed by atoms with Crippen molar-refractivity contribution in [2.24, 2.45) is 4.99 Å². The van der Waals surface area contributed by atoms with Gasteiger partial charge in [0.25, 0.3) is 21.8 Å². The Bertz CT molecular complexity index is 1730. The number of hydrogen-bond donors (Lipinski definition) is 1. The van der Waals surface area contributed by atoms with Crippen LogP contribution in [-0.4, -0.2) is 66.2 Å². The van der Waals surface area contributed by atoms with E-state index >= 15 is 4.39 Å². The van der Waals surface area contributed by atoms with Crippen LogP contribution in [0.4, 0.5) is 20.6 Å². The van der Waals surface area contributed by atoms with E-state index in [-0.39, 0.29) is 34.4 Å². The van der Waals surface area contributed by atoms with Crippen molar-refractivity contribution in [3.8, 4) is 5.75 Å². The monoisotopic (exact) mass is 784 g/mol. The molecule has 0 radical (unpaired) electrons. The summed E-state index contributed by atoms with van der Waals surface area (Å²) in [6.45, 7) is 7.35. The van der Waals surface area contributed by atoms with Crippen LogP contribution >= 0.6 is 0 Å². The summed E-state index contributed by atoms with van der Waals surface area (Å²) in [6, 6.07) is 8.13. The molecule has 2 aliphatic rings. The number of hydrogen-bond acceptors (Lipinski definition) is 8. The van der Waals surface area contributed by atoms with Crippen molar-refractivity contribution < 1.29 is 36.7 Å². The Kier molecular flexibility index (Phi) is 17.0. The number of aliphatic imine (C=N–C) groups is 1. The number of fused-ring (bicyclic) bond motifs is 1. The van der Waals surface area contributed by atoms with Crippen LogP contribution in [0.1, 0.15) is 143 Å². The lowest BCUT2D eigenvalue weighted by Crippen LogP contribution is -2.59. The van der Waals surface area contributed by atoms with Gasteiger partial charge in [0.1, 0.15) is 16.5 Å². The maximum atomic E-state index is 15.3. The van der Waals surface area contributed by atoms with E-state index in [0.29, 0.717) is 17.9 Å². The van der Waals surface area contributed by atoms with E-state index in [9.17, 15) is 22.8 Å². The van der Waals surface area contributed by atoms with Crippen LogP contribution in [0.15, 0.2) is 52.4 Å². The number of anilines is 1. The van der Waals surface area contributed by atoms with Crippen molar-refractivity contribution in [3.63, 3.8) is 0 Å². The SMILES string of the molecule is CCCCCCCCCCCCCCCCCCN1C(C(C(=O)Nc2ccc(OCCCC)cc2F)N2C(=O)OC(C)(C)C2=O)=Nc2ccccc2S1(=O)=O. The van der Waals surface area contributed by atoms with Gasteiger partial charge in [0, 0.05) is 12.6 Å². The molecule has 1 unspecified atom stereocenters. The third kappa shape index (κ3) is 12.0. The molecule has 3 amide bonds. The summed E-state index contributed by atoms with van der Waals surface area (Å²) in [6.07, 6.45) is 19.0. The fourth-order valence-electron chi connectivity index (χ4n) is 6.90. The van der Waals surface area contributed by atoms with Crippen molar-refractivity contribution >= 4 is 45.1 Å². The zero-order chi connectivity index (χ0) is 39.8. The van der Waals surface area contributed by atoms with Gasteiger partial charge in [0.2, 0.25) is 0 Å². The number of imide groups is 1. The highest BCUT2D eigenvalue weighted by Crippen LogP contribution is 2.36. The molecule has 1 N–H and O–H groups in total. The number of unbranched alkanes of at least 4 members (excludes halogenated alkanes) is 16. The number of ether oxygens (including phenoxy) is 2. The molecule has 4 rings (SSSR count). The number of nitrogens with one attached hydrogen (secondary N) is 1. The Morgan fingerprint density at radius 3 is 1.95 bits per heavy atom. The molecule has 0 spiro atoms. The van der Waals surface area contributed by atoms with Crippen molar-refractivity contribution in [2.45, 2.75) is 160 Å². The summed E-state index contributed by atoms with van der Waals surface area (Å²) in [4.78, 5) is 46.3. The number of amides is 3. The number of amidine groups is 1. The Morgan fingerprint density at radius 1 is 0.836 bits per heavy atom. The van der Waals surface area contributed by atoms with E-state index in [1.807, 2.05) is 6.92 Å². The van der Waals surface area contributed by atoms with Gasteiger partial charge in [-0.15, -0.1) is 0 Å². The Morgan fingerprint density at radius 2 is 1.40 bits per heavy atom. The van der Waals surface area contributed by atoms with Crippen molar-refractivity contribution in [1.82, 2.24) is 9.21 Å². The van der Waals surface area contributed by atoms with Crippen molar-refractivity contribution in [2.75, 3.05) is 18.5 Å². The van der Waals surface area contributed by atoms with Crippen LogP contribution in [0, 0.1) is 5.82 Å². The largest absolute Gasteiger partial charge is 0.493 e. The van der Waals surface area contributed by atoms with E-state index in [2.05, 4.69) is 17.2 Å². The average molecular weight is 785 g/mol. The van der Waals surface area contributed by atoms with Crippen LogP contribution in [0.3, 0.4) is 0 Å². The van der Waals surface area contributed by atoms with E-state index in [4.69, 9.17) is 9.47 Å². The number of cyclic esters (lactones) is 1. The van der Waals surface area contributed by atoms with Gasteiger partial charge in [0.05, 0.1) is 18.0 Å². The summed E-state index contributed by atoms with van der Waals surface area (Å²) in [5.41, 5.74) is -1.83. The van der Waals surface area contributed by atoms with Gasteiger partial charge in [-0.1, -0.05) is 129 Å². The molecule has 0 aliphatic carbocycles.